The first-order chi connectivity index (χ1) is 11.1. The zero-order chi connectivity index (χ0) is 16.4. The van der Waals surface area contributed by atoms with E-state index in [0.29, 0.717) is 5.88 Å². The van der Waals surface area contributed by atoms with E-state index in [1.165, 1.54) is 6.42 Å². The van der Waals surface area contributed by atoms with E-state index in [9.17, 15) is 4.79 Å². The molecule has 1 aliphatic rings. The molecule has 23 heavy (non-hydrogen) atoms. The van der Waals surface area contributed by atoms with Crippen LogP contribution in [0.5, 0.6) is 5.88 Å². The Balaban J connectivity index is 2.00. The number of rotatable bonds is 4. The monoisotopic (exact) mass is 311 g/mol. The molecule has 0 N–H and O–H groups in total. The van der Waals surface area contributed by atoms with Crippen molar-refractivity contribution in [3.8, 4) is 5.88 Å². The summed E-state index contributed by atoms with van der Waals surface area (Å²) in [4.78, 5) is 17.6. The molecule has 0 saturated heterocycles. The second-order valence-corrected chi connectivity index (χ2v) is 6.87. The molecule has 0 atom stereocenters. The third-order valence-corrected chi connectivity index (χ3v) is 5.20. The number of hydrogen-bond donors (Lipinski definition) is 0. The Morgan fingerprint density at radius 2 is 1.96 bits per heavy atom. The first-order valence-corrected chi connectivity index (χ1v) is 8.60. The fourth-order valence-electron chi connectivity index (χ4n) is 3.68. The Morgan fingerprint density at radius 3 is 2.61 bits per heavy atom. The van der Waals surface area contributed by atoms with E-state index in [2.05, 4.69) is 24.9 Å². The van der Waals surface area contributed by atoms with Crippen molar-refractivity contribution >= 4 is 16.7 Å². The SMILES string of the molecule is CCc1cc2cc(C(=O)C3(C)CCCCC3)ccc2nc1OC. The van der Waals surface area contributed by atoms with Crippen molar-refractivity contribution in [1.82, 2.24) is 4.98 Å². The number of Topliss-reactive ketones (excluding diaryl/α,β-unsaturated/α-hetero) is 1. The molecule has 1 heterocycles. The minimum atomic E-state index is -0.195. The Bertz CT molecular complexity index is 730. The highest BCUT2D eigenvalue weighted by Gasteiger charge is 2.35. The maximum atomic E-state index is 13.0. The molecule has 0 radical (unpaired) electrons. The molecule has 1 fully saturated rings. The largest absolute Gasteiger partial charge is 0.481 e. The molecule has 2 aromatic rings. The zero-order valence-electron chi connectivity index (χ0n) is 14.3. The summed E-state index contributed by atoms with van der Waals surface area (Å²) in [5.74, 6) is 0.964. The highest BCUT2D eigenvalue weighted by molar-refractivity contribution is 6.03. The molecule has 0 amide bonds. The average molecular weight is 311 g/mol. The van der Waals surface area contributed by atoms with Gasteiger partial charge in [0.2, 0.25) is 5.88 Å². The van der Waals surface area contributed by atoms with Crippen LogP contribution in [0.15, 0.2) is 24.3 Å². The number of aromatic nitrogens is 1. The van der Waals surface area contributed by atoms with Gasteiger partial charge in [0, 0.05) is 21.9 Å². The van der Waals surface area contributed by atoms with Crippen LogP contribution in [-0.4, -0.2) is 17.9 Å². The van der Waals surface area contributed by atoms with Crippen LogP contribution in [-0.2, 0) is 6.42 Å². The molecular weight excluding hydrogens is 286 g/mol. The number of methoxy groups -OCH3 is 1. The fourth-order valence-corrected chi connectivity index (χ4v) is 3.68. The average Bonchev–Trinajstić information content (AvgIpc) is 2.59. The molecule has 1 aliphatic carbocycles. The highest BCUT2D eigenvalue weighted by Crippen LogP contribution is 2.39. The van der Waals surface area contributed by atoms with Gasteiger partial charge >= 0.3 is 0 Å². The van der Waals surface area contributed by atoms with E-state index in [1.54, 1.807) is 7.11 Å². The Morgan fingerprint density at radius 1 is 1.22 bits per heavy atom. The lowest BCUT2D eigenvalue weighted by molar-refractivity contribution is 0.0749. The minimum Gasteiger partial charge on any atom is -0.481 e. The summed E-state index contributed by atoms with van der Waals surface area (Å²) in [7, 11) is 1.65. The number of nitrogens with zero attached hydrogens (tertiary/aromatic N) is 1. The zero-order valence-corrected chi connectivity index (χ0v) is 14.3. The summed E-state index contributed by atoms with van der Waals surface area (Å²) >= 11 is 0. The lowest BCUT2D eigenvalue weighted by Crippen LogP contribution is -2.30. The Hall–Kier alpha value is -1.90. The second kappa shape index (κ2) is 6.31. The van der Waals surface area contributed by atoms with Crippen LogP contribution in [0.4, 0.5) is 0 Å². The van der Waals surface area contributed by atoms with Crippen molar-refractivity contribution in [3.05, 3.63) is 35.4 Å². The van der Waals surface area contributed by atoms with Crippen molar-refractivity contribution in [3.63, 3.8) is 0 Å². The number of aryl methyl sites for hydroxylation is 1. The van der Waals surface area contributed by atoms with E-state index in [-0.39, 0.29) is 11.2 Å². The van der Waals surface area contributed by atoms with E-state index in [4.69, 9.17) is 4.74 Å². The molecule has 0 unspecified atom stereocenters. The van der Waals surface area contributed by atoms with E-state index in [0.717, 1.165) is 54.1 Å². The van der Waals surface area contributed by atoms with E-state index >= 15 is 0 Å². The number of carbonyl (C=O) groups is 1. The van der Waals surface area contributed by atoms with Crippen molar-refractivity contribution in [2.24, 2.45) is 5.41 Å². The predicted octanol–water partition coefficient (Wildman–Crippen LogP) is 4.96. The topological polar surface area (TPSA) is 39.2 Å². The minimum absolute atomic E-state index is 0.195. The smallest absolute Gasteiger partial charge is 0.216 e. The van der Waals surface area contributed by atoms with Crippen LogP contribution >= 0.6 is 0 Å². The first-order valence-electron chi connectivity index (χ1n) is 8.60. The van der Waals surface area contributed by atoms with Crippen LogP contribution in [0.25, 0.3) is 10.9 Å². The molecule has 1 aromatic heterocycles. The molecule has 1 saturated carbocycles. The summed E-state index contributed by atoms with van der Waals surface area (Å²) in [6.45, 7) is 4.21. The molecule has 122 valence electrons. The van der Waals surface area contributed by atoms with Crippen LogP contribution in [0.2, 0.25) is 0 Å². The molecule has 0 spiro atoms. The summed E-state index contributed by atoms with van der Waals surface area (Å²) in [5.41, 5.74) is 2.58. The van der Waals surface area contributed by atoms with Crippen LogP contribution in [0, 0.1) is 5.41 Å². The third kappa shape index (κ3) is 2.97. The lowest BCUT2D eigenvalue weighted by Gasteiger charge is -2.32. The molecular formula is C20H25NO2. The van der Waals surface area contributed by atoms with E-state index < -0.39 is 0 Å². The Labute approximate surface area is 138 Å². The van der Waals surface area contributed by atoms with Gasteiger partial charge in [-0.15, -0.1) is 0 Å². The maximum absolute atomic E-state index is 13.0. The van der Waals surface area contributed by atoms with Gasteiger partial charge in [-0.1, -0.05) is 33.1 Å². The van der Waals surface area contributed by atoms with Gasteiger partial charge in [-0.25, -0.2) is 4.98 Å². The fraction of sp³-hybridized carbons (Fsp3) is 0.500. The molecule has 0 aliphatic heterocycles. The van der Waals surface area contributed by atoms with E-state index in [1.807, 2.05) is 18.2 Å². The lowest BCUT2D eigenvalue weighted by atomic mass is 9.71. The normalized spacial score (nSPS) is 17.2. The highest BCUT2D eigenvalue weighted by atomic mass is 16.5. The van der Waals surface area contributed by atoms with Gasteiger partial charge in [-0.05, 0) is 43.5 Å². The number of fused-ring (bicyclic) bond motifs is 1. The second-order valence-electron chi connectivity index (χ2n) is 6.87. The number of ether oxygens (including phenoxy) is 1. The molecule has 3 heteroatoms. The van der Waals surface area contributed by atoms with Crippen LogP contribution in [0.1, 0.15) is 61.9 Å². The van der Waals surface area contributed by atoms with Crippen molar-refractivity contribution in [2.75, 3.05) is 7.11 Å². The first kappa shape index (κ1) is 16.0. The van der Waals surface area contributed by atoms with Gasteiger partial charge < -0.3 is 4.74 Å². The summed E-state index contributed by atoms with van der Waals surface area (Å²) in [5, 5.41) is 1.02. The summed E-state index contributed by atoms with van der Waals surface area (Å²) < 4.78 is 5.36. The molecule has 1 aromatic carbocycles. The number of carbonyl (C=O) groups excluding carboxylic acids is 1. The number of benzene rings is 1. The quantitative estimate of drug-likeness (QED) is 0.749. The van der Waals surface area contributed by atoms with Crippen LogP contribution in [0.3, 0.4) is 0 Å². The van der Waals surface area contributed by atoms with Crippen molar-refractivity contribution in [2.45, 2.75) is 52.4 Å². The van der Waals surface area contributed by atoms with Gasteiger partial charge in [0.15, 0.2) is 5.78 Å². The van der Waals surface area contributed by atoms with Gasteiger partial charge in [0.25, 0.3) is 0 Å². The van der Waals surface area contributed by atoms with Gasteiger partial charge in [-0.3, -0.25) is 4.79 Å². The molecule has 3 rings (SSSR count). The molecule has 0 bridgehead atoms. The maximum Gasteiger partial charge on any atom is 0.216 e. The van der Waals surface area contributed by atoms with Gasteiger partial charge in [-0.2, -0.15) is 0 Å². The van der Waals surface area contributed by atoms with Crippen molar-refractivity contribution < 1.29 is 9.53 Å². The standard InChI is InChI=1S/C20H25NO2/c1-4-14-12-16-13-15(8-9-17(16)21-19(14)23-3)18(22)20(2)10-6-5-7-11-20/h8-9,12-13H,4-7,10-11H2,1-3H3. The Kier molecular flexibility index (Phi) is 4.38. The summed E-state index contributed by atoms with van der Waals surface area (Å²) in [6, 6.07) is 7.96. The number of pyridine rings is 1. The van der Waals surface area contributed by atoms with Crippen molar-refractivity contribution in [1.29, 1.82) is 0 Å². The molecule has 3 nitrogen and oxygen atoms in total. The van der Waals surface area contributed by atoms with Crippen LogP contribution < -0.4 is 4.74 Å². The number of hydrogen-bond acceptors (Lipinski definition) is 3. The van der Waals surface area contributed by atoms with Gasteiger partial charge in [0.1, 0.15) is 0 Å². The predicted molar refractivity (Wildman–Crippen MR) is 93.2 cm³/mol. The third-order valence-electron chi connectivity index (χ3n) is 5.20. The summed E-state index contributed by atoms with van der Waals surface area (Å²) in [6.07, 6.45) is 6.45. The van der Waals surface area contributed by atoms with Gasteiger partial charge in [0.05, 0.1) is 12.6 Å². The number of ketones is 1.